The number of ether oxygens (including phenoxy) is 1. The Hall–Kier alpha value is -3.09. The third-order valence-corrected chi connectivity index (χ3v) is 3.78. The molecule has 3 N–H and O–H groups in total. The molecule has 0 atom stereocenters. The molecule has 0 bridgehead atoms. The lowest BCUT2D eigenvalue weighted by molar-refractivity contribution is 0.102. The van der Waals surface area contributed by atoms with Crippen molar-refractivity contribution in [3.8, 4) is 5.75 Å². The number of amides is 3. The topological polar surface area (TPSA) is 79.5 Å². The van der Waals surface area contributed by atoms with Crippen LogP contribution in [-0.2, 0) is 0 Å². The maximum atomic E-state index is 13.9. The summed E-state index contributed by atoms with van der Waals surface area (Å²) in [6, 6.07) is 10.7. The number of hydrogen-bond acceptors (Lipinski definition) is 3. The number of carbonyl (C=O) groups is 2. The van der Waals surface area contributed by atoms with Crippen molar-refractivity contribution in [1.29, 1.82) is 0 Å². The summed E-state index contributed by atoms with van der Waals surface area (Å²) in [5.74, 6) is -0.810. The highest BCUT2D eigenvalue weighted by Gasteiger charge is 2.23. The molecule has 1 fully saturated rings. The highest BCUT2D eigenvalue weighted by atomic mass is 19.1. The fraction of sp³-hybridized carbons (Fsp3) is 0.263. The van der Waals surface area contributed by atoms with Crippen LogP contribution >= 0.6 is 0 Å². The third-order valence-electron chi connectivity index (χ3n) is 3.78. The molecule has 1 aliphatic rings. The molecular weight excluding hydrogens is 337 g/mol. The molecular formula is C19H20FN3O3. The molecule has 0 spiro atoms. The van der Waals surface area contributed by atoms with E-state index in [9.17, 15) is 14.0 Å². The average molecular weight is 357 g/mol. The van der Waals surface area contributed by atoms with Crippen LogP contribution < -0.4 is 20.7 Å². The summed E-state index contributed by atoms with van der Waals surface area (Å²) in [5, 5.41) is 8.13. The largest absolute Gasteiger partial charge is 0.491 e. The predicted molar refractivity (Wildman–Crippen MR) is 97.1 cm³/mol. The number of halogens is 1. The van der Waals surface area contributed by atoms with Crippen LogP contribution in [0.2, 0.25) is 0 Å². The number of rotatable bonds is 6. The van der Waals surface area contributed by atoms with Crippen LogP contribution in [0.3, 0.4) is 0 Å². The summed E-state index contributed by atoms with van der Waals surface area (Å²) in [6.07, 6.45) is 1.99. The van der Waals surface area contributed by atoms with Gasteiger partial charge in [0.2, 0.25) is 0 Å². The summed E-state index contributed by atoms with van der Waals surface area (Å²) in [4.78, 5) is 24.2. The van der Waals surface area contributed by atoms with Crippen LogP contribution in [0, 0.1) is 5.82 Å². The maximum Gasteiger partial charge on any atom is 0.319 e. The van der Waals surface area contributed by atoms with Gasteiger partial charge in [-0.05, 0) is 50.1 Å². The van der Waals surface area contributed by atoms with Gasteiger partial charge in [0.1, 0.15) is 0 Å². The lowest BCUT2D eigenvalue weighted by Gasteiger charge is -2.10. The molecule has 7 heteroatoms. The molecule has 3 rings (SSSR count). The first kappa shape index (κ1) is 17.7. The van der Waals surface area contributed by atoms with E-state index >= 15 is 0 Å². The number of benzene rings is 2. The zero-order chi connectivity index (χ0) is 18.5. The minimum Gasteiger partial charge on any atom is -0.491 e. The van der Waals surface area contributed by atoms with Crippen molar-refractivity contribution in [1.82, 2.24) is 5.32 Å². The SMILES string of the molecule is CCOc1ccc(NC(=O)c2cccc(NC(=O)NC3CC3)c2)cc1F. The molecule has 0 heterocycles. The molecule has 1 saturated carbocycles. The van der Waals surface area contributed by atoms with Gasteiger partial charge in [0.05, 0.1) is 6.61 Å². The van der Waals surface area contributed by atoms with Crippen molar-refractivity contribution in [3.05, 3.63) is 53.8 Å². The molecule has 2 aromatic carbocycles. The Kier molecular flexibility index (Phi) is 5.36. The Labute approximate surface area is 150 Å². The standard InChI is InChI=1S/C19H20FN3O3/c1-2-26-17-9-8-15(11-16(17)20)21-18(24)12-4-3-5-14(10-12)23-19(25)22-13-6-7-13/h3-5,8-11,13H,2,6-7H2,1H3,(H,21,24)(H2,22,23,25). The number of carbonyl (C=O) groups excluding carboxylic acids is 2. The smallest absolute Gasteiger partial charge is 0.319 e. The minimum atomic E-state index is -0.545. The van der Waals surface area contributed by atoms with Crippen LogP contribution in [0.25, 0.3) is 0 Å². The van der Waals surface area contributed by atoms with Gasteiger partial charge >= 0.3 is 6.03 Å². The van der Waals surface area contributed by atoms with E-state index in [1.807, 2.05) is 0 Å². The van der Waals surface area contributed by atoms with Gasteiger partial charge in [-0.1, -0.05) is 6.07 Å². The molecule has 0 aliphatic heterocycles. The molecule has 3 amide bonds. The lowest BCUT2D eigenvalue weighted by Crippen LogP contribution is -2.30. The third kappa shape index (κ3) is 4.72. The fourth-order valence-electron chi connectivity index (χ4n) is 2.37. The van der Waals surface area contributed by atoms with E-state index < -0.39 is 11.7 Å². The van der Waals surface area contributed by atoms with E-state index in [1.165, 1.54) is 12.1 Å². The summed E-state index contributed by atoms with van der Waals surface area (Å²) in [6.45, 7) is 2.12. The quantitative estimate of drug-likeness (QED) is 0.736. The van der Waals surface area contributed by atoms with Gasteiger partial charge in [-0.15, -0.1) is 0 Å². The van der Waals surface area contributed by atoms with E-state index in [2.05, 4.69) is 16.0 Å². The summed E-state index contributed by atoms with van der Waals surface area (Å²) in [5.41, 5.74) is 1.18. The van der Waals surface area contributed by atoms with Crippen molar-refractivity contribution in [2.75, 3.05) is 17.2 Å². The Morgan fingerprint density at radius 1 is 1.12 bits per heavy atom. The van der Waals surface area contributed by atoms with Gasteiger partial charge in [0.15, 0.2) is 11.6 Å². The van der Waals surface area contributed by atoms with Gasteiger partial charge in [-0.25, -0.2) is 9.18 Å². The van der Waals surface area contributed by atoms with Gasteiger partial charge in [-0.3, -0.25) is 4.79 Å². The number of nitrogens with one attached hydrogen (secondary N) is 3. The molecule has 136 valence electrons. The van der Waals surface area contributed by atoms with Crippen LogP contribution in [0.5, 0.6) is 5.75 Å². The number of hydrogen-bond donors (Lipinski definition) is 3. The van der Waals surface area contributed by atoms with E-state index in [0.29, 0.717) is 23.5 Å². The second-order valence-corrected chi connectivity index (χ2v) is 5.99. The molecule has 0 radical (unpaired) electrons. The van der Waals surface area contributed by atoms with Crippen molar-refractivity contribution in [2.45, 2.75) is 25.8 Å². The van der Waals surface area contributed by atoms with Gasteiger partial charge < -0.3 is 20.7 Å². The lowest BCUT2D eigenvalue weighted by atomic mass is 10.2. The Morgan fingerprint density at radius 2 is 1.88 bits per heavy atom. The second-order valence-electron chi connectivity index (χ2n) is 5.99. The van der Waals surface area contributed by atoms with E-state index in [-0.39, 0.29) is 17.8 Å². The molecule has 0 unspecified atom stereocenters. The maximum absolute atomic E-state index is 13.9. The highest BCUT2D eigenvalue weighted by molar-refractivity contribution is 6.05. The predicted octanol–water partition coefficient (Wildman–Crippen LogP) is 3.76. The van der Waals surface area contributed by atoms with Crippen LogP contribution in [0.4, 0.5) is 20.6 Å². The monoisotopic (exact) mass is 357 g/mol. The van der Waals surface area contributed by atoms with Gasteiger partial charge in [0.25, 0.3) is 5.91 Å². The second kappa shape index (κ2) is 7.86. The zero-order valence-corrected chi connectivity index (χ0v) is 14.3. The highest BCUT2D eigenvalue weighted by Crippen LogP contribution is 2.22. The normalized spacial score (nSPS) is 13.0. The van der Waals surface area contributed by atoms with E-state index in [1.54, 1.807) is 37.3 Å². The van der Waals surface area contributed by atoms with Gasteiger partial charge in [0, 0.05) is 29.0 Å². The Balaban J connectivity index is 1.64. The van der Waals surface area contributed by atoms with E-state index in [0.717, 1.165) is 12.8 Å². The van der Waals surface area contributed by atoms with Crippen LogP contribution in [0.1, 0.15) is 30.1 Å². The first-order valence-corrected chi connectivity index (χ1v) is 8.46. The van der Waals surface area contributed by atoms with Crippen molar-refractivity contribution in [2.24, 2.45) is 0 Å². The van der Waals surface area contributed by atoms with Crippen molar-refractivity contribution < 1.29 is 18.7 Å². The van der Waals surface area contributed by atoms with Crippen LogP contribution in [-0.4, -0.2) is 24.6 Å². The molecule has 2 aromatic rings. The van der Waals surface area contributed by atoms with Crippen LogP contribution in [0.15, 0.2) is 42.5 Å². The Bertz CT molecular complexity index is 821. The molecule has 0 aromatic heterocycles. The summed E-state index contributed by atoms with van der Waals surface area (Å²) >= 11 is 0. The van der Waals surface area contributed by atoms with Gasteiger partial charge in [-0.2, -0.15) is 0 Å². The number of anilines is 2. The van der Waals surface area contributed by atoms with E-state index in [4.69, 9.17) is 4.74 Å². The molecule has 0 saturated heterocycles. The molecule has 1 aliphatic carbocycles. The summed E-state index contributed by atoms with van der Waals surface area (Å²) < 4.78 is 19.0. The first-order chi connectivity index (χ1) is 12.5. The average Bonchev–Trinajstić information content (AvgIpc) is 3.41. The fourth-order valence-corrected chi connectivity index (χ4v) is 2.37. The molecule has 6 nitrogen and oxygen atoms in total. The Morgan fingerprint density at radius 3 is 2.58 bits per heavy atom. The van der Waals surface area contributed by atoms with Crippen molar-refractivity contribution in [3.63, 3.8) is 0 Å². The molecule has 26 heavy (non-hydrogen) atoms. The van der Waals surface area contributed by atoms with Crippen molar-refractivity contribution >= 4 is 23.3 Å². The summed E-state index contributed by atoms with van der Waals surface area (Å²) in [7, 11) is 0. The number of urea groups is 1. The minimum absolute atomic E-state index is 0.137. The zero-order valence-electron chi connectivity index (χ0n) is 14.3. The first-order valence-electron chi connectivity index (χ1n) is 8.46.